The standard InChI is InChI=1S/C56H37N3O/c1-56(2)47-33-39(28-30-44(47)51-42-20-11-9-18-40(42)41-19-10-12-21-43(41)52(51)56)35-26-24-34(25-27-35)38-29-31-48-46(32-38)50-45(22-13-23-49(50)60-48)55-58-53(36-14-5-3-6-15-36)57-54(59-55)37-16-7-4-8-17-37/h3-33H,1-2H3. The number of hydrogen-bond donors (Lipinski definition) is 0. The molecule has 2 heterocycles. The minimum absolute atomic E-state index is 0.153. The molecule has 4 nitrogen and oxygen atoms in total. The maximum atomic E-state index is 6.46. The van der Waals surface area contributed by atoms with Crippen LogP contribution in [0.4, 0.5) is 0 Å². The molecule has 0 N–H and O–H groups in total. The first kappa shape index (κ1) is 34.4. The second kappa shape index (κ2) is 13.2. The van der Waals surface area contributed by atoms with E-state index < -0.39 is 0 Å². The summed E-state index contributed by atoms with van der Waals surface area (Å²) in [5, 5.41) is 7.30. The number of benzene rings is 9. The van der Waals surface area contributed by atoms with Crippen molar-refractivity contribution in [2.45, 2.75) is 19.3 Å². The zero-order chi connectivity index (χ0) is 40.0. The fourth-order valence-electron chi connectivity index (χ4n) is 9.64. The van der Waals surface area contributed by atoms with E-state index in [9.17, 15) is 0 Å². The van der Waals surface area contributed by atoms with Crippen LogP contribution >= 0.6 is 0 Å². The topological polar surface area (TPSA) is 51.8 Å². The molecule has 0 fully saturated rings. The number of rotatable bonds is 5. The lowest BCUT2D eigenvalue weighted by Crippen LogP contribution is -2.15. The van der Waals surface area contributed by atoms with E-state index in [4.69, 9.17) is 19.4 Å². The van der Waals surface area contributed by atoms with Gasteiger partial charge in [0.1, 0.15) is 11.2 Å². The van der Waals surface area contributed by atoms with E-state index >= 15 is 0 Å². The van der Waals surface area contributed by atoms with Crippen molar-refractivity contribution in [2.75, 3.05) is 0 Å². The Morgan fingerprint density at radius 1 is 0.367 bits per heavy atom. The maximum absolute atomic E-state index is 6.46. The van der Waals surface area contributed by atoms with Crippen LogP contribution in [0, 0.1) is 0 Å². The Bertz CT molecular complexity index is 3440. The first-order valence-corrected chi connectivity index (χ1v) is 20.5. The zero-order valence-corrected chi connectivity index (χ0v) is 33.1. The van der Waals surface area contributed by atoms with Gasteiger partial charge in [-0.1, -0.05) is 178 Å². The SMILES string of the molecule is CC1(C)c2cc(-c3ccc(-c4ccc5oc6cccc(-c7nc(-c8ccccc8)nc(-c8ccccc8)n7)c6c5c4)cc3)ccc2-c2c1c1ccccc1c1ccccc21. The highest BCUT2D eigenvalue weighted by atomic mass is 16.3. The number of hydrogen-bond acceptors (Lipinski definition) is 4. The molecule has 9 aromatic carbocycles. The van der Waals surface area contributed by atoms with Crippen LogP contribution in [0.2, 0.25) is 0 Å². The fourth-order valence-corrected chi connectivity index (χ4v) is 9.64. The van der Waals surface area contributed by atoms with Gasteiger partial charge in [0.15, 0.2) is 17.5 Å². The van der Waals surface area contributed by atoms with Crippen molar-refractivity contribution < 1.29 is 4.42 Å². The highest BCUT2D eigenvalue weighted by Crippen LogP contribution is 2.55. The predicted octanol–water partition coefficient (Wildman–Crippen LogP) is 14.7. The molecule has 60 heavy (non-hydrogen) atoms. The smallest absolute Gasteiger partial charge is 0.164 e. The van der Waals surface area contributed by atoms with Gasteiger partial charge in [0.05, 0.1) is 0 Å². The normalized spacial score (nSPS) is 13.0. The minimum atomic E-state index is -0.153. The average molecular weight is 768 g/mol. The molecule has 0 saturated heterocycles. The van der Waals surface area contributed by atoms with Gasteiger partial charge < -0.3 is 4.42 Å². The third-order valence-corrected chi connectivity index (χ3v) is 12.5. The Morgan fingerprint density at radius 3 is 1.57 bits per heavy atom. The molecular weight excluding hydrogens is 731 g/mol. The largest absolute Gasteiger partial charge is 0.456 e. The van der Waals surface area contributed by atoms with Gasteiger partial charge in [-0.05, 0) is 90.3 Å². The van der Waals surface area contributed by atoms with Gasteiger partial charge in [-0.25, -0.2) is 15.0 Å². The van der Waals surface area contributed by atoms with E-state index in [1.807, 2.05) is 72.8 Å². The van der Waals surface area contributed by atoms with Crippen LogP contribution in [0.1, 0.15) is 25.0 Å². The van der Waals surface area contributed by atoms with Crippen molar-refractivity contribution in [1.82, 2.24) is 15.0 Å². The van der Waals surface area contributed by atoms with Crippen molar-refractivity contribution in [1.29, 1.82) is 0 Å². The molecule has 1 aliphatic rings. The van der Waals surface area contributed by atoms with Gasteiger partial charge in [0, 0.05) is 32.9 Å². The molecule has 0 aliphatic heterocycles. The van der Waals surface area contributed by atoms with Crippen LogP contribution in [0.3, 0.4) is 0 Å². The Morgan fingerprint density at radius 2 is 0.900 bits per heavy atom. The molecule has 12 rings (SSSR count). The summed E-state index contributed by atoms with van der Waals surface area (Å²) in [4.78, 5) is 15.0. The van der Waals surface area contributed by atoms with Gasteiger partial charge in [0.25, 0.3) is 0 Å². The van der Waals surface area contributed by atoms with E-state index in [1.165, 1.54) is 54.9 Å². The van der Waals surface area contributed by atoms with E-state index in [1.54, 1.807) is 0 Å². The monoisotopic (exact) mass is 767 g/mol. The summed E-state index contributed by atoms with van der Waals surface area (Å²) in [6.45, 7) is 4.77. The minimum Gasteiger partial charge on any atom is -0.456 e. The molecule has 1 aliphatic carbocycles. The average Bonchev–Trinajstić information content (AvgIpc) is 3.81. The van der Waals surface area contributed by atoms with Crippen molar-refractivity contribution in [2.24, 2.45) is 0 Å². The van der Waals surface area contributed by atoms with Crippen LogP contribution in [-0.2, 0) is 5.41 Å². The highest BCUT2D eigenvalue weighted by Gasteiger charge is 2.38. The zero-order valence-electron chi connectivity index (χ0n) is 33.1. The van der Waals surface area contributed by atoms with Gasteiger partial charge in [0.2, 0.25) is 0 Å². The van der Waals surface area contributed by atoms with E-state index in [2.05, 4.69) is 129 Å². The van der Waals surface area contributed by atoms with Crippen molar-refractivity contribution in [3.63, 3.8) is 0 Å². The van der Waals surface area contributed by atoms with Crippen LogP contribution in [0.25, 0.3) is 111 Å². The Balaban J connectivity index is 0.935. The molecule has 0 saturated carbocycles. The quantitative estimate of drug-likeness (QED) is 0.164. The summed E-state index contributed by atoms with van der Waals surface area (Å²) < 4.78 is 6.46. The molecule has 11 aromatic rings. The van der Waals surface area contributed by atoms with Crippen molar-refractivity contribution in [3.8, 4) is 67.5 Å². The summed E-state index contributed by atoms with van der Waals surface area (Å²) in [5.74, 6) is 1.86. The number of nitrogens with zero attached hydrogens (tertiary/aromatic N) is 3. The molecule has 0 spiro atoms. The lowest BCUT2D eigenvalue weighted by atomic mass is 9.79. The molecule has 2 aromatic heterocycles. The van der Waals surface area contributed by atoms with Gasteiger partial charge >= 0.3 is 0 Å². The first-order valence-electron chi connectivity index (χ1n) is 20.5. The maximum Gasteiger partial charge on any atom is 0.164 e. The van der Waals surface area contributed by atoms with Gasteiger partial charge in [-0.3, -0.25) is 0 Å². The number of fused-ring (bicyclic) bond motifs is 11. The van der Waals surface area contributed by atoms with Crippen LogP contribution in [0.5, 0.6) is 0 Å². The van der Waals surface area contributed by atoms with E-state index in [-0.39, 0.29) is 5.41 Å². The van der Waals surface area contributed by atoms with Crippen LogP contribution in [-0.4, -0.2) is 15.0 Å². The van der Waals surface area contributed by atoms with E-state index in [0.29, 0.717) is 17.5 Å². The van der Waals surface area contributed by atoms with Crippen molar-refractivity contribution in [3.05, 3.63) is 199 Å². The molecule has 0 unspecified atom stereocenters. The molecule has 0 amide bonds. The Hall–Kier alpha value is -7.69. The second-order valence-corrected chi connectivity index (χ2v) is 16.3. The number of furan rings is 1. The number of aromatic nitrogens is 3. The summed E-state index contributed by atoms with van der Waals surface area (Å²) >= 11 is 0. The first-order chi connectivity index (χ1) is 29.5. The Kier molecular flexibility index (Phi) is 7.54. The summed E-state index contributed by atoms with van der Waals surface area (Å²) in [5.41, 5.74) is 14.4. The lowest BCUT2D eigenvalue weighted by molar-refractivity contribution is 0.667. The van der Waals surface area contributed by atoms with Gasteiger partial charge in [-0.15, -0.1) is 0 Å². The summed E-state index contributed by atoms with van der Waals surface area (Å²) in [6.07, 6.45) is 0. The molecule has 0 bridgehead atoms. The summed E-state index contributed by atoms with van der Waals surface area (Å²) in [7, 11) is 0. The van der Waals surface area contributed by atoms with Crippen molar-refractivity contribution >= 4 is 43.5 Å². The predicted molar refractivity (Wildman–Crippen MR) is 247 cm³/mol. The third-order valence-electron chi connectivity index (χ3n) is 12.5. The Labute approximate surface area is 347 Å². The molecule has 282 valence electrons. The van der Waals surface area contributed by atoms with Gasteiger partial charge in [-0.2, -0.15) is 0 Å². The summed E-state index contributed by atoms with van der Waals surface area (Å²) in [6, 6.07) is 66.6. The lowest BCUT2D eigenvalue weighted by Gasteiger charge is -2.24. The van der Waals surface area contributed by atoms with Crippen LogP contribution < -0.4 is 0 Å². The highest BCUT2D eigenvalue weighted by molar-refractivity contribution is 6.18. The molecular formula is C56H37N3O. The molecule has 0 atom stereocenters. The third kappa shape index (κ3) is 5.27. The molecule has 4 heteroatoms. The van der Waals surface area contributed by atoms with E-state index in [0.717, 1.165) is 49.8 Å². The van der Waals surface area contributed by atoms with Crippen LogP contribution in [0.15, 0.2) is 192 Å². The second-order valence-electron chi connectivity index (χ2n) is 16.3. The molecule has 0 radical (unpaired) electrons. The fraction of sp³-hybridized carbons (Fsp3) is 0.0536.